The van der Waals surface area contributed by atoms with Gasteiger partial charge in [-0.25, -0.2) is 4.98 Å². The summed E-state index contributed by atoms with van der Waals surface area (Å²) in [6, 6.07) is 17.5. The molecule has 2 heterocycles. The predicted molar refractivity (Wildman–Crippen MR) is 144 cm³/mol. The molecule has 2 aliphatic rings. The van der Waals surface area contributed by atoms with Crippen LogP contribution in [-0.2, 0) is 11.3 Å². The molecule has 1 saturated heterocycles. The number of para-hydroxylation sites is 2. The second kappa shape index (κ2) is 11.2. The monoisotopic (exact) mass is 474 g/mol. The van der Waals surface area contributed by atoms with Gasteiger partial charge in [0.1, 0.15) is 5.82 Å². The van der Waals surface area contributed by atoms with Gasteiger partial charge in [-0.15, -0.1) is 0 Å². The number of aromatic nitrogens is 2. The van der Waals surface area contributed by atoms with Gasteiger partial charge in [-0.3, -0.25) is 0 Å². The zero-order valence-corrected chi connectivity index (χ0v) is 21.0. The van der Waals surface area contributed by atoms with E-state index in [4.69, 9.17) is 14.7 Å². The summed E-state index contributed by atoms with van der Waals surface area (Å²) in [7, 11) is 4.08. The van der Waals surface area contributed by atoms with Crippen molar-refractivity contribution in [2.45, 2.75) is 38.3 Å². The van der Waals surface area contributed by atoms with E-state index < -0.39 is 0 Å². The lowest BCUT2D eigenvalue weighted by Gasteiger charge is -2.31. The molecule has 2 aromatic carbocycles. The maximum Gasteiger partial charge on any atom is 0.225 e. The molecule has 0 bridgehead atoms. The number of fused-ring (bicyclic) bond motifs is 1. The van der Waals surface area contributed by atoms with E-state index in [1.807, 2.05) is 26.2 Å². The van der Waals surface area contributed by atoms with Gasteiger partial charge in [0.2, 0.25) is 5.95 Å². The van der Waals surface area contributed by atoms with Crippen molar-refractivity contribution in [2.24, 2.45) is 5.92 Å². The molecule has 1 aromatic heterocycles. The number of hydrogen-bond donors (Lipinski definition) is 2. The first kappa shape index (κ1) is 23.8. The van der Waals surface area contributed by atoms with Crippen molar-refractivity contribution in [3.63, 3.8) is 0 Å². The van der Waals surface area contributed by atoms with Crippen LogP contribution in [0.4, 0.5) is 17.5 Å². The first-order valence-corrected chi connectivity index (χ1v) is 13.0. The van der Waals surface area contributed by atoms with Gasteiger partial charge in [0.05, 0.1) is 18.7 Å². The Kier molecular flexibility index (Phi) is 7.64. The topological polar surface area (TPSA) is 65.6 Å². The molecule has 2 fully saturated rings. The van der Waals surface area contributed by atoms with Crippen molar-refractivity contribution in [1.82, 2.24) is 15.3 Å². The number of rotatable bonds is 8. The fraction of sp³-hybridized carbons (Fsp3) is 0.500. The van der Waals surface area contributed by atoms with Crippen LogP contribution in [0.2, 0.25) is 0 Å². The molecule has 7 nitrogen and oxygen atoms in total. The average molecular weight is 475 g/mol. The molecular formula is C28H38N6O. The Morgan fingerprint density at radius 2 is 1.69 bits per heavy atom. The van der Waals surface area contributed by atoms with E-state index in [0.717, 1.165) is 80.8 Å². The van der Waals surface area contributed by atoms with E-state index in [-0.39, 0.29) is 0 Å². The second-order valence-corrected chi connectivity index (χ2v) is 10.0. The van der Waals surface area contributed by atoms with E-state index >= 15 is 0 Å². The first-order chi connectivity index (χ1) is 17.2. The zero-order valence-electron chi connectivity index (χ0n) is 21.0. The fourth-order valence-electron chi connectivity index (χ4n) is 5.34. The normalized spacial score (nSPS) is 20.7. The van der Waals surface area contributed by atoms with Crippen LogP contribution in [0.5, 0.6) is 0 Å². The summed E-state index contributed by atoms with van der Waals surface area (Å²) in [5, 5.41) is 8.47. The third-order valence-electron chi connectivity index (χ3n) is 7.28. The van der Waals surface area contributed by atoms with Crippen LogP contribution in [0.1, 0.15) is 31.2 Å². The molecule has 1 aliphatic carbocycles. The summed E-state index contributed by atoms with van der Waals surface area (Å²) in [6.07, 6.45) is 4.77. The van der Waals surface area contributed by atoms with E-state index in [1.54, 1.807) is 0 Å². The van der Waals surface area contributed by atoms with Crippen LogP contribution >= 0.6 is 0 Å². The Morgan fingerprint density at radius 1 is 0.943 bits per heavy atom. The Bertz CT molecular complexity index is 1110. The smallest absolute Gasteiger partial charge is 0.225 e. The van der Waals surface area contributed by atoms with Crippen molar-refractivity contribution in [3.8, 4) is 0 Å². The largest absolute Gasteiger partial charge is 0.378 e. The SMILES string of the molecule is CN(C)c1nc(NC2CCC(CNCc3ccccc3N3CCOCC3)CC2)nc2ccccc12. The predicted octanol–water partition coefficient (Wildman–Crippen LogP) is 4.29. The minimum Gasteiger partial charge on any atom is -0.378 e. The molecule has 5 rings (SSSR count). The number of anilines is 3. The Morgan fingerprint density at radius 3 is 2.49 bits per heavy atom. The van der Waals surface area contributed by atoms with Crippen LogP contribution in [0, 0.1) is 5.92 Å². The Hall–Kier alpha value is -2.90. The van der Waals surface area contributed by atoms with Gasteiger partial charge in [0.15, 0.2) is 0 Å². The minimum atomic E-state index is 0.435. The van der Waals surface area contributed by atoms with Crippen molar-refractivity contribution < 1.29 is 4.74 Å². The number of ether oxygens (including phenoxy) is 1. The van der Waals surface area contributed by atoms with E-state index in [9.17, 15) is 0 Å². The van der Waals surface area contributed by atoms with Crippen LogP contribution < -0.4 is 20.4 Å². The maximum absolute atomic E-state index is 5.53. The number of morpholine rings is 1. The summed E-state index contributed by atoms with van der Waals surface area (Å²) in [4.78, 5) is 14.1. The van der Waals surface area contributed by atoms with Crippen molar-refractivity contribution in [2.75, 3.05) is 62.1 Å². The molecule has 1 saturated carbocycles. The molecule has 2 N–H and O–H groups in total. The lowest BCUT2D eigenvalue weighted by molar-refractivity contribution is 0.122. The van der Waals surface area contributed by atoms with E-state index in [1.165, 1.54) is 24.1 Å². The zero-order chi connectivity index (χ0) is 24.0. The van der Waals surface area contributed by atoms with Crippen molar-refractivity contribution >= 4 is 28.4 Å². The summed E-state index contributed by atoms with van der Waals surface area (Å²) in [5.74, 6) is 2.43. The maximum atomic E-state index is 5.53. The third kappa shape index (κ3) is 5.85. The summed E-state index contributed by atoms with van der Waals surface area (Å²) >= 11 is 0. The lowest BCUT2D eigenvalue weighted by Crippen LogP contribution is -2.37. The molecule has 3 aromatic rings. The van der Waals surface area contributed by atoms with E-state index in [0.29, 0.717) is 6.04 Å². The molecule has 1 aliphatic heterocycles. The molecule has 186 valence electrons. The van der Waals surface area contributed by atoms with Gasteiger partial charge >= 0.3 is 0 Å². The minimum absolute atomic E-state index is 0.435. The molecule has 0 amide bonds. The highest BCUT2D eigenvalue weighted by atomic mass is 16.5. The molecule has 7 heteroatoms. The molecule has 35 heavy (non-hydrogen) atoms. The average Bonchev–Trinajstić information content (AvgIpc) is 2.90. The van der Waals surface area contributed by atoms with E-state index in [2.05, 4.69) is 56.8 Å². The van der Waals surface area contributed by atoms with Gasteiger partial charge in [0.25, 0.3) is 0 Å². The summed E-state index contributed by atoms with van der Waals surface area (Å²) in [6.45, 7) is 5.58. The quantitative estimate of drug-likeness (QED) is 0.505. The highest BCUT2D eigenvalue weighted by molar-refractivity contribution is 5.90. The fourth-order valence-corrected chi connectivity index (χ4v) is 5.34. The first-order valence-electron chi connectivity index (χ1n) is 13.0. The molecule has 0 atom stereocenters. The standard InChI is InChI=1S/C28H38N6O/c1-33(2)27-24-8-4-5-9-25(24)31-28(32-27)30-23-13-11-21(12-14-23)19-29-20-22-7-3-6-10-26(22)34-15-17-35-18-16-34/h3-10,21,23,29H,11-20H2,1-2H3,(H,30,31,32). The Balaban J connectivity index is 1.12. The molecule has 0 unspecified atom stereocenters. The third-order valence-corrected chi connectivity index (χ3v) is 7.28. The highest BCUT2D eigenvalue weighted by Gasteiger charge is 2.22. The number of nitrogens with zero attached hydrogens (tertiary/aromatic N) is 4. The highest BCUT2D eigenvalue weighted by Crippen LogP contribution is 2.28. The van der Waals surface area contributed by atoms with Crippen molar-refractivity contribution in [1.29, 1.82) is 0 Å². The van der Waals surface area contributed by atoms with Crippen molar-refractivity contribution in [3.05, 3.63) is 54.1 Å². The van der Waals surface area contributed by atoms with Gasteiger partial charge in [-0.2, -0.15) is 4.98 Å². The molecular weight excluding hydrogens is 436 g/mol. The van der Waals surface area contributed by atoms with Gasteiger partial charge in [-0.1, -0.05) is 30.3 Å². The van der Waals surface area contributed by atoms with Crippen LogP contribution in [0.15, 0.2) is 48.5 Å². The number of benzene rings is 2. The second-order valence-electron chi connectivity index (χ2n) is 10.0. The molecule has 0 spiro atoms. The summed E-state index contributed by atoms with van der Waals surface area (Å²) < 4.78 is 5.53. The van der Waals surface area contributed by atoms with Gasteiger partial charge in [0, 0.05) is 50.8 Å². The van der Waals surface area contributed by atoms with Gasteiger partial charge < -0.3 is 25.2 Å². The lowest BCUT2D eigenvalue weighted by atomic mass is 9.86. The summed E-state index contributed by atoms with van der Waals surface area (Å²) in [5.41, 5.74) is 3.72. The number of hydrogen-bond acceptors (Lipinski definition) is 7. The van der Waals surface area contributed by atoms with Crippen LogP contribution in [0.3, 0.4) is 0 Å². The van der Waals surface area contributed by atoms with Crippen LogP contribution in [0.25, 0.3) is 10.9 Å². The van der Waals surface area contributed by atoms with Gasteiger partial charge in [-0.05, 0) is 61.9 Å². The molecule has 0 radical (unpaired) electrons. The Labute approximate surface area is 208 Å². The number of nitrogens with one attached hydrogen (secondary N) is 2. The van der Waals surface area contributed by atoms with Crippen LogP contribution in [-0.4, -0.2) is 63.0 Å².